The van der Waals surface area contributed by atoms with Crippen LogP contribution in [0.15, 0.2) is 0 Å². The number of carboxylic acid groups (broad SMARTS) is 1. The van der Waals surface area contributed by atoms with E-state index in [1.165, 1.54) is 4.90 Å². The van der Waals surface area contributed by atoms with E-state index in [-0.39, 0.29) is 17.3 Å². The highest BCUT2D eigenvalue weighted by molar-refractivity contribution is 8.00. The summed E-state index contributed by atoms with van der Waals surface area (Å²) in [4.78, 5) is 27.6. The Labute approximate surface area is 130 Å². The van der Waals surface area contributed by atoms with Crippen molar-refractivity contribution in [1.82, 2.24) is 15.1 Å². The maximum absolute atomic E-state index is 12.5. The first kappa shape index (κ1) is 16.4. The van der Waals surface area contributed by atoms with Gasteiger partial charge in [-0.3, -0.25) is 4.90 Å². The standard InChI is InChI=1S/C14H25N3O3S/c1-9(2)12-17(11(8-21-12)13(18)19)14(20)15-7-10-5-4-6-16(10)3/h9-12H,4-8H2,1-3H3,(H,15,20)(H,18,19). The Morgan fingerprint density at radius 3 is 2.67 bits per heavy atom. The third-order valence-corrected chi connectivity index (χ3v) is 5.91. The number of carboxylic acids is 1. The van der Waals surface area contributed by atoms with Gasteiger partial charge < -0.3 is 15.3 Å². The molecule has 0 radical (unpaired) electrons. The molecule has 7 heteroatoms. The number of likely N-dealkylation sites (tertiary alicyclic amines) is 1. The number of urea groups is 1. The zero-order valence-electron chi connectivity index (χ0n) is 12.9. The summed E-state index contributed by atoms with van der Waals surface area (Å²) in [7, 11) is 2.06. The number of amides is 2. The number of nitrogens with zero attached hydrogens (tertiary/aromatic N) is 2. The smallest absolute Gasteiger partial charge is 0.327 e. The molecule has 21 heavy (non-hydrogen) atoms. The van der Waals surface area contributed by atoms with Crippen molar-refractivity contribution in [1.29, 1.82) is 0 Å². The van der Waals surface area contributed by atoms with E-state index in [1.807, 2.05) is 13.8 Å². The largest absolute Gasteiger partial charge is 0.480 e. The topological polar surface area (TPSA) is 72.9 Å². The highest BCUT2D eigenvalue weighted by Gasteiger charge is 2.43. The van der Waals surface area contributed by atoms with Gasteiger partial charge in [-0.25, -0.2) is 9.59 Å². The second kappa shape index (κ2) is 6.87. The summed E-state index contributed by atoms with van der Waals surface area (Å²) in [5, 5.41) is 12.2. The Balaban J connectivity index is 1.98. The van der Waals surface area contributed by atoms with Crippen LogP contribution in [-0.4, -0.2) is 70.3 Å². The van der Waals surface area contributed by atoms with Crippen LogP contribution in [0.2, 0.25) is 0 Å². The molecular weight excluding hydrogens is 290 g/mol. The third-order valence-electron chi connectivity index (χ3n) is 4.29. The molecule has 2 heterocycles. The van der Waals surface area contributed by atoms with Crippen molar-refractivity contribution in [3.8, 4) is 0 Å². The first-order valence-electron chi connectivity index (χ1n) is 7.52. The lowest BCUT2D eigenvalue weighted by molar-refractivity contribution is -0.141. The van der Waals surface area contributed by atoms with E-state index in [0.717, 1.165) is 19.4 Å². The van der Waals surface area contributed by atoms with E-state index < -0.39 is 12.0 Å². The van der Waals surface area contributed by atoms with Gasteiger partial charge in [-0.1, -0.05) is 13.8 Å². The number of aliphatic carboxylic acids is 1. The van der Waals surface area contributed by atoms with Crippen LogP contribution in [0.4, 0.5) is 4.79 Å². The zero-order valence-corrected chi connectivity index (χ0v) is 13.7. The maximum atomic E-state index is 12.5. The summed E-state index contributed by atoms with van der Waals surface area (Å²) in [6.07, 6.45) is 2.24. The van der Waals surface area contributed by atoms with Crippen LogP contribution in [0.5, 0.6) is 0 Å². The van der Waals surface area contributed by atoms with Gasteiger partial charge in [0, 0.05) is 18.3 Å². The third kappa shape index (κ3) is 3.63. The van der Waals surface area contributed by atoms with Gasteiger partial charge in [0.15, 0.2) is 0 Å². The van der Waals surface area contributed by atoms with Crippen LogP contribution < -0.4 is 5.32 Å². The molecule has 0 saturated carbocycles. The minimum absolute atomic E-state index is 0.0626. The molecule has 6 nitrogen and oxygen atoms in total. The number of carbonyl (C=O) groups is 2. The van der Waals surface area contributed by atoms with Crippen molar-refractivity contribution >= 4 is 23.8 Å². The second-order valence-corrected chi connectivity index (χ2v) is 7.34. The molecule has 0 spiro atoms. The maximum Gasteiger partial charge on any atom is 0.327 e. The van der Waals surface area contributed by atoms with E-state index in [2.05, 4.69) is 17.3 Å². The Kier molecular flexibility index (Phi) is 5.37. The van der Waals surface area contributed by atoms with Crippen LogP contribution in [0.25, 0.3) is 0 Å². The lowest BCUT2D eigenvalue weighted by Gasteiger charge is -2.30. The van der Waals surface area contributed by atoms with E-state index >= 15 is 0 Å². The number of likely N-dealkylation sites (N-methyl/N-ethyl adjacent to an activating group) is 1. The van der Waals surface area contributed by atoms with Gasteiger partial charge in [-0.15, -0.1) is 11.8 Å². The van der Waals surface area contributed by atoms with Gasteiger partial charge in [-0.2, -0.15) is 0 Å². The van der Waals surface area contributed by atoms with Crippen molar-refractivity contribution in [2.75, 3.05) is 25.9 Å². The number of nitrogens with one attached hydrogen (secondary N) is 1. The summed E-state index contributed by atoms with van der Waals surface area (Å²) < 4.78 is 0. The average molecular weight is 315 g/mol. The summed E-state index contributed by atoms with van der Waals surface area (Å²) in [6.45, 7) is 5.69. The van der Waals surface area contributed by atoms with Crippen molar-refractivity contribution in [2.45, 2.75) is 44.1 Å². The molecule has 3 atom stereocenters. The van der Waals surface area contributed by atoms with E-state index in [0.29, 0.717) is 18.3 Å². The molecule has 0 aromatic rings. The highest BCUT2D eigenvalue weighted by atomic mass is 32.2. The highest BCUT2D eigenvalue weighted by Crippen LogP contribution is 2.34. The fraction of sp³-hybridized carbons (Fsp3) is 0.857. The number of thioether (sulfide) groups is 1. The van der Waals surface area contributed by atoms with Gasteiger partial charge in [-0.05, 0) is 32.4 Å². The molecular formula is C14H25N3O3S. The van der Waals surface area contributed by atoms with Crippen LogP contribution in [0.3, 0.4) is 0 Å². The lowest BCUT2D eigenvalue weighted by Crippen LogP contribution is -2.53. The normalized spacial score (nSPS) is 30.1. The molecule has 2 aliphatic rings. The van der Waals surface area contributed by atoms with Crippen LogP contribution >= 0.6 is 11.8 Å². The van der Waals surface area contributed by atoms with Crippen molar-refractivity contribution in [2.24, 2.45) is 5.92 Å². The Hall–Kier alpha value is -0.950. The van der Waals surface area contributed by atoms with Gasteiger partial charge in [0.1, 0.15) is 6.04 Å². The summed E-state index contributed by atoms with van der Waals surface area (Å²) in [6, 6.07) is -0.597. The predicted octanol–water partition coefficient (Wildman–Crippen LogP) is 1.27. The van der Waals surface area contributed by atoms with Crippen molar-refractivity contribution in [3.63, 3.8) is 0 Å². The molecule has 2 aliphatic heterocycles. The van der Waals surface area contributed by atoms with Crippen LogP contribution in [0.1, 0.15) is 26.7 Å². The van der Waals surface area contributed by atoms with Crippen LogP contribution in [0, 0.1) is 5.92 Å². The lowest BCUT2D eigenvalue weighted by atomic mass is 10.1. The first-order valence-corrected chi connectivity index (χ1v) is 8.57. The van der Waals surface area contributed by atoms with Crippen LogP contribution in [-0.2, 0) is 4.79 Å². The van der Waals surface area contributed by atoms with Crippen molar-refractivity contribution in [3.05, 3.63) is 0 Å². The molecule has 0 aromatic carbocycles. The van der Waals surface area contributed by atoms with Crippen molar-refractivity contribution < 1.29 is 14.7 Å². The van der Waals surface area contributed by atoms with E-state index in [4.69, 9.17) is 0 Å². The molecule has 2 saturated heterocycles. The number of hydrogen-bond donors (Lipinski definition) is 2. The molecule has 2 amide bonds. The zero-order chi connectivity index (χ0) is 15.6. The SMILES string of the molecule is CC(C)C1SCC(C(=O)O)N1C(=O)NCC1CCCN1C. The average Bonchev–Trinajstić information content (AvgIpc) is 3.02. The monoisotopic (exact) mass is 315 g/mol. The summed E-state index contributed by atoms with van der Waals surface area (Å²) in [5.41, 5.74) is 0. The fourth-order valence-corrected chi connectivity index (χ4v) is 4.49. The van der Waals surface area contributed by atoms with Gasteiger partial charge in [0.05, 0.1) is 5.37 Å². The second-order valence-electron chi connectivity index (χ2n) is 6.19. The Bertz CT molecular complexity index is 405. The Morgan fingerprint density at radius 1 is 1.43 bits per heavy atom. The first-order chi connectivity index (χ1) is 9.91. The number of carbonyl (C=O) groups excluding carboxylic acids is 1. The Morgan fingerprint density at radius 2 is 2.14 bits per heavy atom. The van der Waals surface area contributed by atoms with Gasteiger partial charge in [0.2, 0.25) is 0 Å². The number of rotatable bonds is 4. The van der Waals surface area contributed by atoms with E-state index in [1.54, 1.807) is 11.8 Å². The molecule has 2 rings (SSSR count). The van der Waals surface area contributed by atoms with Gasteiger partial charge >= 0.3 is 12.0 Å². The summed E-state index contributed by atoms with van der Waals surface area (Å²) >= 11 is 1.56. The number of hydrogen-bond acceptors (Lipinski definition) is 4. The molecule has 0 aliphatic carbocycles. The molecule has 2 N–H and O–H groups in total. The minimum Gasteiger partial charge on any atom is -0.480 e. The minimum atomic E-state index is -0.918. The molecule has 3 unspecified atom stereocenters. The van der Waals surface area contributed by atoms with Gasteiger partial charge in [0.25, 0.3) is 0 Å². The predicted molar refractivity (Wildman–Crippen MR) is 83.4 cm³/mol. The van der Waals surface area contributed by atoms with E-state index in [9.17, 15) is 14.7 Å². The summed E-state index contributed by atoms with van der Waals surface area (Å²) in [5.74, 6) is -0.215. The molecule has 0 aromatic heterocycles. The quantitative estimate of drug-likeness (QED) is 0.817. The molecule has 2 fully saturated rings. The molecule has 0 bridgehead atoms. The fourth-order valence-electron chi connectivity index (χ4n) is 3.02. The molecule has 120 valence electrons.